The number of H-pyrrole nitrogens is 2. The number of nitrogens with zero attached hydrogens (tertiary/aromatic N) is 6. The summed E-state index contributed by atoms with van der Waals surface area (Å²) in [6.45, 7) is 10.6. The van der Waals surface area contributed by atoms with Gasteiger partial charge in [0.05, 0.1) is 23.5 Å². The molecule has 274 valence electrons. The van der Waals surface area contributed by atoms with E-state index in [2.05, 4.69) is 47.2 Å². The van der Waals surface area contributed by atoms with E-state index < -0.39 is 17.3 Å². The minimum Gasteiger partial charge on any atom is -0.378 e. The van der Waals surface area contributed by atoms with Crippen LogP contribution in [0.4, 0.5) is 4.39 Å². The average molecular weight is 721 g/mol. The largest absolute Gasteiger partial charge is 0.438 e. The summed E-state index contributed by atoms with van der Waals surface area (Å²) in [5.41, 5.74) is 4.43. The van der Waals surface area contributed by atoms with Gasteiger partial charge in [-0.15, -0.1) is 0 Å². The van der Waals surface area contributed by atoms with E-state index in [-0.39, 0.29) is 29.4 Å². The molecule has 1 saturated carbocycles. The molecule has 2 aromatic carbocycles. The number of halogens is 1. The molecule has 5 atom stereocenters. The van der Waals surface area contributed by atoms with Crippen LogP contribution in [0.25, 0.3) is 22.4 Å². The molecule has 3 aliphatic rings. The van der Waals surface area contributed by atoms with Gasteiger partial charge in [0.25, 0.3) is 5.91 Å². The summed E-state index contributed by atoms with van der Waals surface area (Å²) in [5, 5.41) is 10.0. The Kier molecular flexibility index (Phi) is 7.56. The maximum Gasteiger partial charge on any atom is 0.438 e. The standard InChI is InChI=1S/C39H41FN8O5/c1-20-14-28(15-21(2)33(20)40)48-34(46-12-10-41-37(46)50)32-24(5)45(11-8-29(32)43-48)35(49)31-18-27-17-25(26-9-13-52-23(4)16-26)6-7-30(27)47(31)39(19-22(39)3)36-42-38(51)53-44-36/h6-7,10,12,14-15,17-18,22-24,26H,8-9,11,13,16,19H2,1-5H3,(H,41,50)(H,42,44,51)/t22-,23?,24-,26?,39-/m0/s1. The lowest BCUT2D eigenvalue weighted by Gasteiger charge is -2.34. The number of rotatable bonds is 6. The molecule has 1 amide bonds. The second-order valence-corrected chi connectivity index (χ2v) is 15.1. The van der Waals surface area contributed by atoms with Gasteiger partial charge in [0.1, 0.15) is 22.9 Å². The lowest BCUT2D eigenvalue weighted by molar-refractivity contribution is 0.0186. The molecular weight excluding hydrogens is 679 g/mol. The van der Waals surface area contributed by atoms with E-state index in [1.165, 1.54) is 10.1 Å². The molecule has 2 fully saturated rings. The number of ether oxygens (including phenoxy) is 1. The van der Waals surface area contributed by atoms with E-state index in [4.69, 9.17) is 14.4 Å². The first kappa shape index (κ1) is 33.3. The highest BCUT2D eigenvalue weighted by Gasteiger charge is 2.59. The molecule has 2 unspecified atom stereocenters. The van der Waals surface area contributed by atoms with Crippen LogP contribution < -0.4 is 11.4 Å². The molecule has 4 aromatic heterocycles. The van der Waals surface area contributed by atoms with Crippen molar-refractivity contribution in [3.8, 4) is 11.5 Å². The van der Waals surface area contributed by atoms with E-state index in [1.54, 1.807) is 43.1 Å². The number of nitrogens with one attached hydrogen (secondary N) is 2. The van der Waals surface area contributed by atoms with Crippen molar-refractivity contribution in [3.05, 3.63) is 115 Å². The van der Waals surface area contributed by atoms with Crippen molar-refractivity contribution in [1.29, 1.82) is 0 Å². The molecule has 0 radical (unpaired) electrons. The van der Waals surface area contributed by atoms with E-state index in [1.807, 2.05) is 22.5 Å². The summed E-state index contributed by atoms with van der Waals surface area (Å²) in [7, 11) is 0. The Morgan fingerprint density at radius 1 is 1.08 bits per heavy atom. The van der Waals surface area contributed by atoms with Gasteiger partial charge in [-0.05, 0) is 106 Å². The highest BCUT2D eigenvalue weighted by molar-refractivity contribution is 6.00. The van der Waals surface area contributed by atoms with E-state index in [9.17, 15) is 14.0 Å². The van der Waals surface area contributed by atoms with Crippen LogP contribution in [0.3, 0.4) is 0 Å². The Labute approximate surface area is 303 Å². The van der Waals surface area contributed by atoms with Gasteiger partial charge in [-0.25, -0.2) is 18.7 Å². The third-order valence-electron chi connectivity index (χ3n) is 11.8. The van der Waals surface area contributed by atoms with Crippen molar-refractivity contribution in [2.45, 2.75) is 83.9 Å². The van der Waals surface area contributed by atoms with Crippen LogP contribution >= 0.6 is 0 Å². The fourth-order valence-electron chi connectivity index (χ4n) is 8.97. The zero-order valence-corrected chi connectivity index (χ0v) is 30.3. The molecule has 53 heavy (non-hydrogen) atoms. The van der Waals surface area contributed by atoms with Crippen molar-refractivity contribution < 1.29 is 18.4 Å². The molecule has 14 heteroatoms. The normalized spacial score (nSPS) is 24.2. The summed E-state index contributed by atoms with van der Waals surface area (Å²) < 4.78 is 30.8. The fourth-order valence-corrected chi connectivity index (χ4v) is 8.97. The van der Waals surface area contributed by atoms with E-state index >= 15 is 4.79 Å². The Morgan fingerprint density at radius 2 is 1.85 bits per heavy atom. The Morgan fingerprint density at radius 3 is 2.51 bits per heavy atom. The van der Waals surface area contributed by atoms with Crippen LogP contribution in [0.5, 0.6) is 0 Å². The number of carbonyl (C=O) groups excluding carboxylic acids is 1. The Hall–Kier alpha value is -5.50. The number of benzene rings is 2. The molecule has 6 aromatic rings. The second kappa shape index (κ2) is 12.0. The van der Waals surface area contributed by atoms with Gasteiger partial charge < -0.3 is 19.2 Å². The monoisotopic (exact) mass is 720 g/mol. The van der Waals surface area contributed by atoms with Crippen LogP contribution in [0.1, 0.15) is 96.3 Å². The molecule has 0 bridgehead atoms. The first-order valence-electron chi connectivity index (χ1n) is 18.3. The smallest absolute Gasteiger partial charge is 0.378 e. The van der Waals surface area contributed by atoms with E-state index in [0.29, 0.717) is 66.1 Å². The van der Waals surface area contributed by atoms with Crippen molar-refractivity contribution in [1.82, 2.24) is 38.9 Å². The first-order chi connectivity index (χ1) is 25.5. The Bertz CT molecular complexity index is 2530. The quantitative estimate of drug-likeness (QED) is 0.229. The number of amides is 1. The van der Waals surface area contributed by atoms with Crippen LogP contribution in [0, 0.1) is 25.6 Å². The number of fused-ring (bicyclic) bond motifs is 2. The minimum absolute atomic E-state index is 0.0553. The first-order valence-corrected chi connectivity index (χ1v) is 18.3. The van der Waals surface area contributed by atoms with Gasteiger partial charge in [-0.2, -0.15) is 5.10 Å². The van der Waals surface area contributed by atoms with Crippen LogP contribution in [-0.4, -0.2) is 64.1 Å². The summed E-state index contributed by atoms with van der Waals surface area (Å²) in [4.78, 5) is 47.9. The molecule has 1 saturated heterocycles. The zero-order valence-electron chi connectivity index (χ0n) is 30.3. The third-order valence-corrected chi connectivity index (χ3v) is 11.8. The average Bonchev–Trinajstić information content (AvgIpc) is 3.66. The molecule has 2 aliphatic heterocycles. The van der Waals surface area contributed by atoms with Gasteiger partial charge in [-0.3, -0.25) is 18.9 Å². The molecule has 2 N–H and O–H groups in total. The van der Waals surface area contributed by atoms with Crippen LogP contribution in [0.15, 0.2) is 62.9 Å². The predicted octanol–water partition coefficient (Wildman–Crippen LogP) is 5.56. The van der Waals surface area contributed by atoms with E-state index in [0.717, 1.165) is 35.0 Å². The van der Waals surface area contributed by atoms with Crippen molar-refractivity contribution >= 4 is 16.8 Å². The maximum atomic E-state index is 15.2. The van der Waals surface area contributed by atoms with Crippen LogP contribution in [-0.2, 0) is 16.7 Å². The SMILES string of the molecule is Cc1cc(-n2nc3c(c2-n2cc[nH]c2=O)[C@H](C)N(C(=O)c2cc4cc(C5CCOC(C)C5)ccc4n2[C@@]2(c4noc(=O)[nH]4)C[C@@H]2C)CC3)cc(C)c1F. The number of hydrogen-bond acceptors (Lipinski definition) is 7. The summed E-state index contributed by atoms with van der Waals surface area (Å²) in [6, 6.07) is 11.3. The lowest BCUT2D eigenvalue weighted by atomic mass is 9.88. The molecule has 9 rings (SSSR count). The summed E-state index contributed by atoms with van der Waals surface area (Å²) in [6.07, 6.45) is 6.30. The predicted molar refractivity (Wildman–Crippen MR) is 193 cm³/mol. The second-order valence-electron chi connectivity index (χ2n) is 15.1. The zero-order chi connectivity index (χ0) is 36.9. The Balaban J connectivity index is 1.19. The summed E-state index contributed by atoms with van der Waals surface area (Å²) >= 11 is 0. The third kappa shape index (κ3) is 5.09. The molecule has 1 aliphatic carbocycles. The van der Waals surface area contributed by atoms with Crippen molar-refractivity contribution in [2.24, 2.45) is 5.92 Å². The molecular formula is C39H41FN8O5. The molecule has 6 heterocycles. The van der Waals surface area contributed by atoms with Gasteiger partial charge in [0, 0.05) is 48.4 Å². The van der Waals surface area contributed by atoms with Gasteiger partial charge >= 0.3 is 11.4 Å². The fraction of sp³-hybridized carbons (Fsp3) is 0.410. The number of imidazole rings is 1. The van der Waals surface area contributed by atoms with Crippen molar-refractivity contribution in [3.63, 3.8) is 0 Å². The van der Waals surface area contributed by atoms with Gasteiger partial charge in [0.15, 0.2) is 5.82 Å². The number of aryl methyl sites for hydroxylation is 2. The molecule has 0 spiro atoms. The highest BCUT2D eigenvalue weighted by atomic mass is 19.1. The lowest BCUT2D eigenvalue weighted by Crippen LogP contribution is -2.41. The van der Waals surface area contributed by atoms with Crippen molar-refractivity contribution in [2.75, 3.05) is 13.2 Å². The number of aromatic nitrogens is 7. The topological polar surface area (TPSA) is 149 Å². The summed E-state index contributed by atoms with van der Waals surface area (Å²) in [5.74, 6) is 0.138. The van der Waals surface area contributed by atoms with Crippen LogP contribution in [0.2, 0.25) is 0 Å². The molecule has 13 nitrogen and oxygen atoms in total. The highest BCUT2D eigenvalue weighted by Crippen LogP contribution is 2.56. The number of carbonyl (C=O) groups is 1. The maximum absolute atomic E-state index is 15.2. The number of hydrogen-bond donors (Lipinski definition) is 2. The number of aromatic amines is 2. The van der Waals surface area contributed by atoms with Gasteiger partial charge in [-0.1, -0.05) is 18.1 Å². The minimum atomic E-state index is -0.787. The van der Waals surface area contributed by atoms with Gasteiger partial charge in [0.2, 0.25) is 0 Å².